The van der Waals surface area contributed by atoms with E-state index in [0.717, 1.165) is 12.8 Å². The molecule has 0 radical (unpaired) electrons. The maximum absolute atomic E-state index is 14.7. The van der Waals surface area contributed by atoms with Crippen LogP contribution in [0, 0.1) is 5.82 Å². The predicted molar refractivity (Wildman–Crippen MR) is 112 cm³/mol. The van der Waals surface area contributed by atoms with E-state index < -0.39 is 21.9 Å². The van der Waals surface area contributed by atoms with Crippen LogP contribution >= 0.6 is 11.6 Å². The molecular formula is C18H21ClFN5O4S. The van der Waals surface area contributed by atoms with E-state index in [-0.39, 0.29) is 40.3 Å². The Hall–Kier alpha value is -2.47. The third-order valence-corrected chi connectivity index (χ3v) is 5.59. The summed E-state index contributed by atoms with van der Waals surface area (Å²) in [5, 5.41) is 2.96. The predicted octanol–water partition coefficient (Wildman–Crippen LogP) is 3.05. The van der Waals surface area contributed by atoms with E-state index in [1.165, 1.54) is 31.4 Å². The second-order valence-electron chi connectivity index (χ2n) is 6.55. The minimum absolute atomic E-state index is 0.0554. The summed E-state index contributed by atoms with van der Waals surface area (Å²) in [6.45, 7) is 1.95. The number of nitrogens with zero attached hydrogens (tertiary/aromatic N) is 1. The maximum atomic E-state index is 14.7. The Kier molecular flexibility index (Phi) is 6.76. The van der Waals surface area contributed by atoms with E-state index in [1.807, 2.05) is 0 Å². The number of carbonyl (C=O) groups excluding carboxylic acids is 1. The maximum Gasteiger partial charge on any atom is 0.298 e. The second kappa shape index (κ2) is 9.13. The number of nitrogens with one attached hydrogen (secondary N) is 4. The number of carbonyl (C=O) groups is 1. The van der Waals surface area contributed by atoms with Crippen molar-refractivity contribution < 1.29 is 22.4 Å². The number of rotatable bonds is 9. The first kappa shape index (κ1) is 22.2. The monoisotopic (exact) mass is 457 g/mol. The lowest BCUT2D eigenvalue weighted by atomic mass is 10.1. The van der Waals surface area contributed by atoms with Crippen LogP contribution in [0.25, 0.3) is 0 Å². The van der Waals surface area contributed by atoms with Gasteiger partial charge in [0.1, 0.15) is 11.0 Å². The van der Waals surface area contributed by atoms with Crippen LogP contribution in [0.1, 0.15) is 41.6 Å². The van der Waals surface area contributed by atoms with Gasteiger partial charge < -0.3 is 5.32 Å². The van der Waals surface area contributed by atoms with Gasteiger partial charge in [-0.05, 0) is 49.4 Å². The fraction of sp³-hybridized carbons (Fsp3) is 0.333. The van der Waals surface area contributed by atoms with Gasteiger partial charge in [-0.25, -0.2) is 19.6 Å². The molecule has 1 amide bonds. The van der Waals surface area contributed by atoms with Crippen molar-refractivity contribution in [2.75, 3.05) is 23.7 Å². The first-order valence-corrected chi connectivity index (χ1v) is 11.0. The fourth-order valence-electron chi connectivity index (χ4n) is 2.73. The Bertz CT molecular complexity index is 1060. The molecule has 1 aliphatic rings. The Morgan fingerprint density at radius 3 is 2.63 bits per heavy atom. The van der Waals surface area contributed by atoms with Gasteiger partial charge in [-0.1, -0.05) is 11.6 Å². The molecule has 12 heteroatoms. The highest BCUT2D eigenvalue weighted by molar-refractivity contribution is 7.90. The minimum Gasteiger partial charge on any atom is -0.353 e. The molecule has 3 rings (SSSR count). The SMILES string of the molecule is CCONC(=O)c1cnc(Cl)cc1Nc1cc(F)c(C2CC2)cc1NS(=O)(=O)NC. The van der Waals surface area contributed by atoms with Crippen LogP contribution in [-0.4, -0.2) is 33.0 Å². The topological polar surface area (TPSA) is 121 Å². The molecule has 0 bridgehead atoms. The van der Waals surface area contributed by atoms with E-state index in [2.05, 4.69) is 25.2 Å². The van der Waals surface area contributed by atoms with Crippen LogP contribution in [0.5, 0.6) is 0 Å². The van der Waals surface area contributed by atoms with E-state index in [1.54, 1.807) is 6.92 Å². The Labute approximate surface area is 178 Å². The highest BCUT2D eigenvalue weighted by Crippen LogP contribution is 2.44. The highest BCUT2D eigenvalue weighted by atomic mass is 35.5. The molecule has 30 heavy (non-hydrogen) atoms. The van der Waals surface area contributed by atoms with Crippen LogP contribution in [0.3, 0.4) is 0 Å². The number of benzene rings is 1. The van der Waals surface area contributed by atoms with Crippen LogP contribution in [-0.2, 0) is 15.0 Å². The Morgan fingerprint density at radius 1 is 1.27 bits per heavy atom. The van der Waals surface area contributed by atoms with Gasteiger partial charge in [0.05, 0.1) is 29.2 Å². The van der Waals surface area contributed by atoms with Gasteiger partial charge in [0.25, 0.3) is 16.1 Å². The zero-order chi connectivity index (χ0) is 21.9. The summed E-state index contributed by atoms with van der Waals surface area (Å²) in [5.74, 6) is -1.02. The molecule has 0 spiro atoms. The van der Waals surface area contributed by atoms with Gasteiger partial charge in [-0.2, -0.15) is 8.42 Å². The number of hydrogen-bond donors (Lipinski definition) is 4. The molecule has 0 atom stereocenters. The lowest BCUT2D eigenvalue weighted by Crippen LogP contribution is -2.27. The summed E-state index contributed by atoms with van der Waals surface area (Å²) in [5.41, 5.74) is 3.15. The van der Waals surface area contributed by atoms with Crippen molar-refractivity contribution >= 4 is 44.8 Å². The molecule has 162 valence electrons. The van der Waals surface area contributed by atoms with Gasteiger partial charge in [-0.15, -0.1) is 0 Å². The molecule has 1 aromatic carbocycles. The standard InChI is InChI=1S/C18H21ClFN5O4S/c1-3-29-24-18(26)12-9-22-17(19)8-14(12)23-15-7-13(20)11(10-4-5-10)6-16(15)25-30(27,28)21-2/h6-10,21,25H,3-5H2,1-2H3,(H,22,23)(H,24,26). The van der Waals surface area contributed by atoms with Crippen molar-refractivity contribution in [1.29, 1.82) is 0 Å². The van der Waals surface area contributed by atoms with Crippen LogP contribution in [0.15, 0.2) is 24.4 Å². The summed E-state index contributed by atoms with van der Waals surface area (Å²) in [6, 6.07) is 4.00. The van der Waals surface area contributed by atoms with E-state index >= 15 is 0 Å². The first-order chi connectivity index (χ1) is 14.2. The van der Waals surface area contributed by atoms with Gasteiger partial charge in [0.15, 0.2) is 0 Å². The molecule has 2 aromatic rings. The number of aromatic nitrogens is 1. The lowest BCUT2D eigenvalue weighted by molar-refractivity contribution is 0.0365. The molecule has 0 aliphatic heterocycles. The van der Waals surface area contributed by atoms with E-state index in [4.69, 9.17) is 16.4 Å². The number of anilines is 3. The van der Waals surface area contributed by atoms with Crippen LogP contribution < -0.4 is 20.2 Å². The summed E-state index contributed by atoms with van der Waals surface area (Å²) in [4.78, 5) is 21.1. The molecule has 0 saturated heterocycles. The number of amides is 1. The number of hydroxylamine groups is 1. The van der Waals surface area contributed by atoms with E-state index in [0.29, 0.717) is 5.56 Å². The molecular weight excluding hydrogens is 437 g/mol. The average Bonchev–Trinajstić information content (AvgIpc) is 3.53. The molecule has 1 fully saturated rings. The number of hydrogen-bond acceptors (Lipinski definition) is 6. The molecule has 0 unspecified atom stereocenters. The zero-order valence-electron chi connectivity index (χ0n) is 16.3. The molecule has 9 nitrogen and oxygen atoms in total. The lowest BCUT2D eigenvalue weighted by Gasteiger charge is -2.18. The van der Waals surface area contributed by atoms with Crippen molar-refractivity contribution in [2.24, 2.45) is 0 Å². The third-order valence-electron chi connectivity index (χ3n) is 4.36. The highest BCUT2D eigenvalue weighted by Gasteiger charge is 2.28. The summed E-state index contributed by atoms with van der Waals surface area (Å²) in [6.07, 6.45) is 2.90. The molecule has 1 heterocycles. The summed E-state index contributed by atoms with van der Waals surface area (Å²) in [7, 11) is -2.62. The second-order valence-corrected chi connectivity index (χ2v) is 8.55. The normalized spacial score (nSPS) is 13.7. The first-order valence-electron chi connectivity index (χ1n) is 9.13. The molecule has 1 aromatic heterocycles. The average molecular weight is 458 g/mol. The van der Waals surface area contributed by atoms with Crippen LogP contribution in [0.2, 0.25) is 5.15 Å². The van der Waals surface area contributed by atoms with Gasteiger partial charge in [0.2, 0.25) is 0 Å². The minimum atomic E-state index is -3.87. The fourth-order valence-corrected chi connectivity index (χ4v) is 3.45. The van der Waals surface area contributed by atoms with Crippen molar-refractivity contribution in [3.63, 3.8) is 0 Å². The molecule has 1 saturated carbocycles. The largest absolute Gasteiger partial charge is 0.353 e. The van der Waals surface area contributed by atoms with Crippen LogP contribution in [0.4, 0.5) is 21.5 Å². The Morgan fingerprint density at radius 2 is 2.00 bits per heavy atom. The van der Waals surface area contributed by atoms with E-state index in [9.17, 15) is 17.6 Å². The van der Waals surface area contributed by atoms with Gasteiger partial charge in [-0.3, -0.25) is 14.4 Å². The zero-order valence-corrected chi connectivity index (χ0v) is 17.8. The van der Waals surface area contributed by atoms with Crippen molar-refractivity contribution in [2.45, 2.75) is 25.7 Å². The van der Waals surface area contributed by atoms with Gasteiger partial charge >= 0.3 is 0 Å². The quantitative estimate of drug-likeness (QED) is 0.339. The summed E-state index contributed by atoms with van der Waals surface area (Å²) >= 11 is 5.96. The van der Waals surface area contributed by atoms with Gasteiger partial charge in [0, 0.05) is 13.2 Å². The third kappa shape index (κ3) is 5.36. The molecule has 4 N–H and O–H groups in total. The number of halogens is 2. The summed E-state index contributed by atoms with van der Waals surface area (Å²) < 4.78 is 43.3. The molecule has 1 aliphatic carbocycles. The Balaban J connectivity index is 2.02. The smallest absolute Gasteiger partial charge is 0.298 e. The van der Waals surface area contributed by atoms with Crippen molar-refractivity contribution in [3.8, 4) is 0 Å². The van der Waals surface area contributed by atoms with Crippen molar-refractivity contribution in [3.05, 3.63) is 46.5 Å². The van der Waals surface area contributed by atoms with Crippen molar-refractivity contribution in [1.82, 2.24) is 15.2 Å². The number of pyridine rings is 1.